The van der Waals surface area contributed by atoms with E-state index in [0.717, 1.165) is 17.5 Å². The third-order valence-corrected chi connectivity index (χ3v) is 5.43. The van der Waals surface area contributed by atoms with Crippen molar-refractivity contribution in [1.82, 2.24) is 10.6 Å². The zero-order valence-corrected chi connectivity index (χ0v) is 17.3. The Morgan fingerprint density at radius 2 is 1.90 bits per heavy atom. The highest BCUT2D eigenvalue weighted by molar-refractivity contribution is 5.89. The molecular formula is C23H27FN2O4. The van der Waals surface area contributed by atoms with Crippen LogP contribution in [0.4, 0.5) is 4.39 Å². The molecule has 2 aromatic carbocycles. The second kappa shape index (κ2) is 9.61. The molecule has 1 fully saturated rings. The number of hydrogen-bond donors (Lipinski definition) is 2. The van der Waals surface area contributed by atoms with Gasteiger partial charge in [0.25, 0.3) is 5.91 Å². The Balaban J connectivity index is 1.65. The summed E-state index contributed by atoms with van der Waals surface area (Å²) >= 11 is 0. The first-order valence-electron chi connectivity index (χ1n) is 10.1. The maximum atomic E-state index is 13.7. The van der Waals surface area contributed by atoms with E-state index in [-0.39, 0.29) is 24.2 Å². The number of carbonyl (C=O) groups is 2. The average molecular weight is 414 g/mol. The molecule has 0 atom stereocenters. The predicted molar refractivity (Wildman–Crippen MR) is 111 cm³/mol. The first kappa shape index (κ1) is 21.6. The van der Waals surface area contributed by atoms with Gasteiger partial charge in [-0.2, -0.15) is 0 Å². The highest BCUT2D eigenvalue weighted by Crippen LogP contribution is 2.44. The van der Waals surface area contributed by atoms with Gasteiger partial charge in [-0.15, -0.1) is 0 Å². The van der Waals surface area contributed by atoms with E-state index in [9.17, 15) is 14.0 Å². The molecule has 1 saturated carbocycles. The Kier molecular flexibility index (Phi) is 6.92. The van der Waals surface area contributed by atoms with E-state index in [1.165, 1.54) is 19.2 Å². The summed E-state index contributed by atoms with van der Waals surface area (Å²) in [5.41, 5.74) is 0.888. The molecular weight excluding hydrogens is 387 g/mol. The number of amides is 2. The zero-order valence-electron chi connectivity index (χ0n) is 17.3. The monoisotopic (exact) mass is 414 g/mol. The summed E-state index contributed by atoms with van der Waals surface area (Å²) in [5, 5.41) is 5.64. The van der Waals surface area contributed by atoms with Crippen molar-refractivity contribution in [2.45, 2.75) is 38.1 Å². The van der Waals surface area contributed by atoms with Crippen LogP contribution in [0.1, 0.15) is 37.3 Å². The smallest absolute Gasteiger partial charge is 0.257 e. The minimum atomic E-state index is -0.665. The molecule has 0 heterocycles. The van der Waals surface area contributed by atoms with Crippen molar-refractivity contribution in [2.75, 3.05) is 20.3 Å². The number of methoxy groups -OCH3 is 1. The molecule has 160 valence electrons. The summed E-state index contributed by atoms with van der Waals surface area (Å²) in [4.78, 5) is 24.5. The van der Waals surface area contributed by atoms with Crippen molar-refractivity contribution < 1.29 is 23.5 Å². The lowest BCUT2D eigenvalue weighted by atomic mass is 9.64. The molecule has 2 aromatic rings. The molecule has 3 rings (SSSR count). The van der Waals surface area contributed by atoms with Crippen molar-refractivity contribution in [3.8, 4) is 11.5 Å². The molecule has 1 aliphatic carbocycles. The molecule has 0 radical (unpaired) electrons. The Labute approximate surface area is 175 Å². The summed E-state index contributed by atoms with van der Waals surface area (Å²) in [5.74, 6) is 0.289. The second-order valence-electron chi connectivity index (χ2n) is 7.36. The fourth-order valence-corrected chi connectivity index (χ4v) is 3.65. The van der Waals surface area contributed by atoms with E-state index in [4.69, 9.17) is 9.47 Å². The van der Waals surface area contributed by atoms with E-state index >= 15 is 0 Å². The SMILES string of the molecule is CCNC(=O)COc1ccc(CNC(=O)C2(c3cccc(F)c3)CCC2)cc1OC. The second-order valence-corrected chi connectivity index (χ2v) is 7.36. The molecule has 7 heteroatoms. The minimum absolute atomic E-state index is 0.101. The number of halogens is 1. The molecule has 2 amide bonds. The fraction of sp³-hybridized carbons (Fsp3) is 0.391. The predicted octanol–water partition coefficient (Wildman–Crippen LogP) is 3.09. The molecule has 0 bridgehead atoms. The highest BCUT2D eigenvalue weighted by atomic mass is 19.1. The van der Waals surface area contributed by atoms with Gasteiger partial charge in [0, 0.05) is 13.1 Å². The lowest BCUT2D eigenvalue weighted by Crippen LogP contribution is -2.49. The van der Waals surface area contributed by atoms with Gasteiger partial charge in [0.15, 0.2) is 18.1 Å². The van der Waals surface area contributed by atoms with E-state index in [2.05, 4.69) is 10.6 Å². The van der Waals surface area contributed by atoms with Crippen LogP contribution in [0.5, 0.6) is 11.5 Å². The number of likely N-dealkylation sites (N-methyl/N-ethyl adjacent to an activating group) is 1. The lowest BCUT2D eigenvalue weighted by Gasteiger charge is -2.40. The van der Waals surface area contributed by atoms with Crippen LogP contribution in [-0.4, -0.2) is 32.1 Å². The first-order valence-corrected chi connectivity index (χ1v) is 10.1. The standard InChI is InChI=1S/C23H27FN2O4/c1-3-25-21(27)15-30-19-9-8-16(12-20(19)29-2)14-26-22(28)23(10-5-11-23)17-6-4-7-18(24)13-17/h4,6-9,12-13H,3,5,10-11,14-15H2,1-2H3,(H,25,27)(H,26,28). The van der Waals surface area contributed by atoms with Crippen LogP contribution in [0.15, 0.2) is 42.5 Å². The molecule has 2 N–H and O–H groups in total. The number of ether oxygens (including phenoxy) is 2. The fourth-order valence-electron chi connectivity index (χ4n) is 3.65. The van der Waals surface area contributed by atoms with E-state index < -0.39 is 5.41 Å². The van der Waals surface area contributed by atoms with E-state index in [0.29, 0.717) is 37.4 Å². The van der Waals surface area contributed by atoms with Crippen molar-refractivity contribution in [2.24, 2.45) is 0 Å². The third kappa shape index (κ3) is 4.72. The van der Waals surface area contributed by atoms with Crippen molar-refractivity contribution in [3.05, 3.63) is 59.4 Å². The van der Waals surface area contributed by atoms with E-state index in [1.807, 2.05) is 19.1 Å². The minimum Gasteiger partial charge on any atom is -0.493 e. The van der Waals surface area contributed by atoms with Gasteiger partial charge in [0.05, 0.1) is 12.5 Å². The molecule has 0 aromatic heterocycles. The highest BCUT2D eigenvalue weighted by Gasteiger charge is 2.45. The Bertz CT molecular complexity index is 912. The van der Waals surface area contributed by atoms with Crippen LogP contribution < -0.4 is 20.1 Å². The normalized spacial score (nSPS) is 14.4. The van der Waals surface area contributed by atoms with Crippen LogP contribution in [0.25, 0.3) is 0 Å². The summed E-state index contributed by atoms with van der Waals surface area (Å²) in [6.07, 6.45) is 2.35. The summed E-state index contributed by atoms with van der Waals surface area (Å²) < 4.78 is 24.5. The molecule has 0 saturated heterocycles. The third-order valence-electron chi connectivity index (χ3n) is 5.43. The van der Waals surface area contributed by atoms with Crippen LogP contribution in [-0.2, 0) is 21.5 Å². The summed E-state index contributed by atoms with van der Waals surface area (Å²) in [6, 6.07) is 11.6. The average Bonchev–Trinajstić information content (AvgIpc) is 2.70. The molecule has 0 spiro atoms. The number of carbonyl (C=O) groups excluding carboxylic acids is 2. The van der Waals surface area contributed by atoms with E-state index in [1.54, 1.807) is 18.2 Å². The molecule has 0 unspecified atom stereocenters. The van der Waals surface area contributed by atoms with Crippen LogP contribution in [0, 0.1) is 5.82 Å². The van der Waals surface area contributed by atoms with Gasteiger partial charge in [-0.05, 0) is 55.2 Å². The molecule has 1 aliphatic rings. The zero-order chi connectivity index (χ0) is 21.6. The Morgan fingerprint density at radius 1 is 1.10 bits per heavy atom. The lowest BCUT2D eigenvalue weighted by molar-refractivity contribution is -0.130. The maximum Gasteiger partial charge on any atom is 0.257 e. The van der Waals surface area contributed by atoms with Gasteiger partial charge < -0.3 is 20.1 Å². The van der Waals surface area contributed by atoms with Crippen LogP contribution >= 0.6 is 0 Å². The molecule has 0 aliphatic heterocycles. The van der Waals surface area contributed by atoms with Crippen molar-refractivity contribution >= 4 is 11.8 Å². The van der Waals surface area contributed by atoms with Gasteiger partial charge in [0.1, 0.15) is 5.82 Å². The summed E-state index contributed by atoms with van der Waals surface area (Å²) in [7, 11) is 1.52. The van der Waals surface area contributed by atoms with Crippen molar-refractivity contribution in [1.29, 1.82) is 0 Å². The van der Waals surface area contributed by atoms with Gasteiger partial charge in [-0.3, -0.25) is 9.59 Å². The van der Waals surface area contributed by atoms with Gasteiger partial charge >= 0.3 is 0 Å². The van der Waals surface area contributed by atoms with Gasteiger partial charge in [-0.25, -0.2) is 4.39 Å². The Morgan fingerprint density at radius 3 is 2.53 bits per heavy atom. The first-order chi connectivity index (χ1) is 14.5. The quantitative estimate of drug-likeness (QED) is 0.661. The number of nitrogens with one attached hydrogen (secondary N) is 2. The topological polar surface area (TPSA) is 76.7 Å². The van der Waals surface area contributed by atoms with Gasteiger partial charge in [0.2, 0.25) is 5.91 Å². The number of benzene rings is 2. The maximum absolute atomic E-state index is 13.7. The number of hydrogen-bond acceptors (Lipinski definition) is 4. The molecule has 6 nitrogen and oxygen atoms in total. The summed E-state index contributed by atoms with van der Waals surface area (Å²) in [6.45, 7) is 2.58. The van der Waals surface area contributed by atoms with Crippen molar-refractivity contribution in [3.63, 3.8) is 0 Å². The largest absolute Gasteiger partial charge is 0.493 e. The van der Waals surface area contributed by atoms with Crippen LogP contribution in [0.2, 0.25) is 0 Å². The van der Waals surface area contributed by atoms with Crippen LogP contribution in [0.3, 0.4) is 0 Å². The Hall–Kier alpha value is -3.09. The molecule has 30 heavy (non-hydrogen) atoms. The number of rotatable bonds is 9. The van der Waals surface area contributed by atoms with Gasteiger partial charge in [-0.1, -0.05) is 24.6 Å².